The highest BCUT2D eigenvalue weighted by Crippen LogP contribution is 2.23. The number of anilines is 1. The van der Waals surface area contributed by atoms with Crippen LogP contribution in [0.2, 0.25) is 0 Å². The standard InChI is InChI=1S/C21H20F2N2O3S/c1-13(19(26)24-18-9-8-14(22)12-17(18)23)29-11-5-4-10-25-20(27)15-6-2-3-7-16(15)21(25)28/h2-3,6-9,12-13H,4-5,10-11H2,1H3,(H,24,26). The van der Waals surface area contributed by atoms with Crippen LogP contribution in [0.5, 0.6) is 0 Å². The van der Waals surface area contributed by atoms with E-state index in [1.807, 2.05) is 0 Å². The molecule has 2 aromatic rings. The number of carbonyl (C=O) groups excluding carboxylic acids is 3. The van der Waals surface area contributed by atoms with Crippen molar-refractivity contribution in [1.82, 2.24) is 4.90 Å². The summed E-state index contributed by atoms with van der Waals surface area (Å²) in [6.45, 7) is 2.03. The first-order valence-electron chi connectivity index (χ1n) is 9.21. The summed E-state index contributed by atoms with van der Waals surface area (Å²) in [4.78, 5) is 38.0. The highest BCUT2D eigenvalue weighted by atomic mass is 32.2. The second kappa shape index (κ2) is 9.17. The van der Waals surface area contributed by atoms with Gasteiger partial charge < -0.3 is 5.32 Å². The van der Waals surface area contributed by atoms with Crippen molar-refractivity contribution in [3.8, 4) is 0 Å². The van der Waals surface area contributed by atoms with Crippen LogP contribution in [0.1, 0.15) is 40.5 Å². The molecular weight excluding hydrogens is 398 g/mol. The topological polar surface area (TPSA) is 66.5 Å². The van der Waals surface area contributed by atoms with E-state index in [0.717, 1.165) is 6.07 Å². The van der Waals surface area contributed by atoms with E-state index in [1.165, 1.54) is 22.7 Å². The minimum absolute atomic E-state index is 0.0607. The molecule has 1 N–H and O–H groups in total. The zero-order chi connectivity index (χ0) is 21.0. The Balaban J connectivity index is 1.40. The molecule has 29 heavy (non-hydrogen) atoms. The Bertz CT molecular complexity index is 916. The van der Waals surface area contributed by atoms with Crippen molar-refractivity contribution < 1.29 is 23.2 Å². The van der Waals surface area contributed by atoms with Gasteiger partial charge in [-0.2, -0.15) is 0 Å². The lowest BCUT2D eigenvalue weighted by Crippen LogP contribution is -2.30. The maximum atomic E-state index is 13.6. The molecule has 1 aliphatic heterocycles. The number of nitrogens with one attached hydrogen (secondary N) is 1. The predicted molar refractivity (Wildman–Crippen MR) is 108 cm³/mol. The summed E-state index contributed by atoms with van der Waals surface area (Å²) in [5.41, 5.74) is 0.810. The molecule has 0 saturated heterocycles. The summed E-state index contributed by atoms with van der Waals surface area (Å²) >= 11 is 1.39. The van der Waals surface area contributed by atoms with Crippen LogP contribution in [-0.2, 0) is 4.79 Å². The van der Waals surface area contributed by atoms with E-state index in [1.54, 1.807) is 31.2 Å². The zero-order valence-electron chi connectivity index (χ0n) is 15.8. The van der Waals surface area contributed by atoms with Crippen molar-refractivity contribution in [3.05, 3.63) is 65.2 Å². The Morgan fingerprint density at radius 3 is 2.34 bits per heavy atom. The van der Waals surface area contributed by atoms with Gasteiger partial charge in [-0.3, -0.25) is 19.3 Å². The fourth-order valence-electron chi connectivity index (χ4n) is 2.98. The van der Waals surface area contributed by atoms with Gasteiger partial charge in [0, 0.05) is 12.6 Å². The number of hydrogen-bond donors (Lipinski definition) is 1. The largest absolute Gasteiger partial charge is 0.323 e. The van der Waals surface area contributed by atoms with Gasteiger partial charge in [0.15, 0.2) is 0 Å². The quantitative estimate of drug-likeness (QED) is 0.518. The number of carbonyl (C=O) groups is 3. The van der Waals surface area contributed by atoms with Crippen molar-refractivity contribution in [2.45, 2.75) is 25.0 Å². The molecule has 1 aliphatic rings. The number of fused-ring (bicyclic) bond motifs is 1. The highest BCUT2D eigenvalue weighted by Gasteiger charge is 2.34. The van der Waals surface area contributed by atoms with E-state index in [4.69, 9.17) is 0 Å². The minimum atomic E-state index is -0.823. The second-order valence-electron chi connectivity index (χ2n) is 6.64. The molecule has 3 amide bonds. The normalized spacial score (nSPS) is 14.1. The predicted octanol–water partition coefficient (Wildman–Crippen LogP) is 4.10. The number of imide groups is 1. The number of rotatable bonds is 8. The molecule has 3 rings (SSSR count). The van der Waals surface area contributed by atoms with Gasteiger partial charge in [0.05, 0.1) is 22.1 Å². The van der Waals surface area contributed by atoms with Gasteiger partial charge in [-0.1, -0.05) is 12.1 Å². The molecule has 0 radical (unpaired) electrons. The summed E-state index contributed by atoms with van der Waals surface area (Å²) in [5.74, 6) is -1.80. The van der Waals surface area contributed by atoms with Gasteiger partial charge in [0.25, 0.3) is 11.8 Å². The van der Waals surface area contributed by atoms with Crippen LogP contribution in [0, 0.1) is 11.6 Å². The van der Waals surface area contributed by atoms with Crippen LogP contribution in [0.3, 0.4) is 0 Å². The maximum absolute atomic E-state index is 13.6. The van der Waals surface area contributed by atoms with Crippen molar-refractivity contribution in [2.24, 2.45) is 0 Å². The maximum Gasteiger partial charge on any atom is 0.261 e. The molecule has 0 saturated carbocycles. The summed E-state index contributed by atoms with van der Waals surface area (Å²) in [6, 6.07) is 9.73. The number of thioether (sulfide) groups is 1. The Kier molecular flexibility index (Phi) is 6.64. The van der Waals surface area contributed by atoms with Crippen LogP contribution < -0.4 is 5.32 Å². The summed E-state index contributed by atoms with van der Waals surface area (Å²) in [7, 11) is 0. The van der Waals surface area contributed by atoms with E-state index < -0.39 is 16.9 Å². The third kappa shape index (κ3) is 4.82. The first kappa shape index (κ1) is 21.0. The van der Waals surface area contributed by atoms with Crippen LogP contribution >= 0.6 is 11.8 Å². The molecule has 0 aliphatic carbocycles. The van der Waals surface area contributed by atoms with Gasteiger partial charge >= 0.3 is 0 Å². The Morgan fingerprint density at radius 1 is 1.07 bits per heavy atom. The molecule has 0 aromatic heterocycles. The average molecular weight is 418 g/mol. The molecule has 0 bridgehead atoms. The SMILES string of the molecule is CC(SCCCCN1C(=O)c2ccccc2C1=O)C(=O)Nc1ccc(F)cc1F. The number of nitrogens with zero attached hydrogens (tertiary/aromatic N) is 1. The molecule has 1 heterocycles. The first-order valence-corrected chi connectivity index (χ1v) is 10.3. The van der Waals surface area contributed by atoms with Gasteiger partial charge in [0.2, 0.25) is 5.91 Å². The van der Waals surface area contributed by atoms with Crippen molar-refractivity contribution in [3.63, 3.8) is 0 Å². The van der Waals surface area contributed by atoms with E-state index in [9.17, 15) is 23.2 Å². The van der Waals surface area contributed by atoms with E-state index in [0.29, 0.717) is 42.3 Å². The smallest absolute Gasteiger partial charge is 0.261 e. The third-order valence-electron chi connectivity index (χ3n) is 4.58. The lowest BCUT2D eigenvalue weighted by atomic mass is 10.1. The van der Waals surface area contributed by atoms with Gasteiger partial charge in [-0.25, -0.2) is 8.78 Å². The van der Waals surface area contributed by atoms with Crippen molar-refractivity contribution >= 4 is 35.2 Å². The van der Waals surface area contributed by atoms with Crippen LogP contribution in [0.25, 0.3) is 0 Å². The van der Waals surface area contributed by atoms with E-state index >= 15 is 0 Å². The Labute approximate surface area is 171 Å². The fourth-order valence-corrected chi connectivity index (χ4v) is 3.91. The molecule has 2 aromatic carbocycles. The van der Waals surface area contributed by atoms with Crippen molar-refractivity contribution in [2.75, 3.05) is 17.6 Å². The van der Waals surface area contributed by atoms with E-state index in [-0.39, 0.29) is 23.4 Å². The highest BCUT2D eigenvalue weighted by molar-refractivity contribution is 8.00. The summed E-state index contributed by atoms with van der Waals surface area (Å²) in [5, 5.41) is 2.01. The molecule has 8 heteroatoms. The van der Waals surface area contributed by atoms with Gasteiger partial charge in [-0.15, -0.1) is 11.8 Å². The number of unbranched alkanes of at least 4 members (excludes halogenated alkanes) is 1. The third-order valence-corrected chi connectivity index (χ3v) is 5.82. The number of halogens is 2. The minimum Gasteiger partial charge on any atom is -0.323 e. The second-order valence-corrected chi connectivity index (χ2v) is 8.09. The lowest BCUT2D eigenvalue weighted by molar-refractivity contribution is -0.115. The van der Waals surface area contributed by atoms with E-state index in [2.05, 4.69) is 5.32 Å². The summed E-state index contributed by atoms with van der Waals surface area (Å²) in [6.07, 6.45) is 1.33. The monoisotopic (exact) mass is 418 g/mol. The number of hydrogen-bond acceptors (Lipinski definition) is 4. The van der Waals surface area contributed by atoms with Crippen LogP contribution in [0.15, 0.2) is 42.5 Å². The lowest BCUT2D eigenvalue weighted by Gasteiger charge is -2.15. The van der Waals surface area contributed by atoms with Crippen molar-refractivity contribution in [1.29, 1.82) is 0 Å². The first-order chi connectivity index (χ1) is 13.9. The number of benzene rings is 2. The fraction of sp³-hybridized carbons (Fsp3) is 0.286. The van der Waals surface area contributed by atoms with Crippen LogP contribution in [-0.4, -0.2) is 40.2 Å². The molecule has 0 spiro atoms. The number of amides is 3. The average Bonchev–Trinajstić information content (AvgIpc) is 2.94. The molecule has 5 nitrogen and oxygen atoms in total. The molecular formula is C21H20F2N2O3S. The molecule has 152 valence electrons. The van der Waals surface area contributed by atoms with Crippen LogP contribution in [0.4, 0.5) is 14.5 Å². The molecule has 1 atom stereocenters. The van der Waals surface area contributed by atoms with Gasteiger partial charge in [0.1, 0.15) is 11.6 Å². The molecule has 0 fully saturated rings. The zero-order valence-corrected chi connectivity index (χ0v) is 16.6. The van der Waals surface area contributed by atoms with Gasteiger partial charge in [-0.05, 0) is 49.8 Å². The molecule has 1 unspecified atom stereocenters. The summed E-state index contributed by atoms with van der Waals surface area (Å²) < 4.78 is 26.5. The Hall–Kier alpha value is -2.74. The Morgan fingerprint density at radius 2 is 1.72 bits per heavy atom.